The van der Waals surface area contributed by atoms with Crippen molar-refractivity contribution in [3.63, 3.8) is 0 Å². The molecule has 0 aromatic carbocycles. The van der Waals surface area contributed by atoms with Crippen molar-refractivity contribution >= 4 is 11.3 Å². The van der Waals surface area contributed by atoms with Crippen LogP contribution in [0.15, 0.2) is 22.0 Å². The maximum Gasteiger partial charge on any atom is 0.241 e. The van der Waals surface area contributed by atoms with Crippen molar-refractivity contribution in [2.45, 2.75) is 38.3 Å². The Labute approximate surface area is 122 Å². The topological polar surface area (TPSA) is 62.4 Å². The molecule has 1 unspecified atom stereocenters. The quantitative estimate of drug-likeness (QED) is 0.886. The molecule has 2 aromatic rings. The molecule has 3 rings (SSSR count). The largest absolute Gasteiger partial charge is 0.396 e. The van der Waals surface area contributed by atoms with E-state index in [0.29, 0.717) is 24.3 Å². The van der Waals surface area contributed by atoms with Gasteiger partial charge in [-0.25, -0.2) is 0 Å². The molecule has 0 bridgehead atoms. The zero-order valence-electron chi connectivity index (χ0n) is 11.4. The molecule has 0 amide bonds. The Bertz CT molecular complexity index is 526. The number of aliphatic hydroxyl groups is 1. The van der Waals surface area contributed by atoms with Crippen LogP contribution in [0.1, 0.15) is 31.6 Å². The van der Waals surface area contributed by atoms with E-state index in [2.05, 4.69) is 15.0 Å². The van der Waals surface area contributed by atoms with Gasteiger partial charge in [-0.05, 0) is 43.7 Å². The first kappa shape index (κ1) is 13.7. The number of hydrogen-bond acceptors (Lipinski definition) is 6. The monoisotopic (exact) mass is 293 g/mol. The fourth-order valence-electron chi connectivity index (χ4n) is 2.76. The number of thiophene rings is 1. The highest BCUT2D eigenvalue weighted by Gasteiger charge is 2.25. The lowest BCUT2D eigenvalue weighted by Crippen LogP contribution is -2.29. The summed E-state index contributed by atoms with van der Waals surface area (Å²) in [6.07, 6.45) is 4.32. The standard InChI is InChI=1S/C14H19N3O2S/c18-8-2-5-11-4-1-7-17(11)10-13-15-14(16-19-13)12-6-3-9-20-12/h3,6,9,11,18H,1-2,4-5,7-8,10H2. The molecule has 1 saturated heterocycles. The molecule has 1 fully saturated rings. The normalized spacial score (nSPS) is 19.8. The minimum atomic E-state index is 0.271. The molecule has 1 N–H and O–H groups in total. The number of rotatable bonds is 6. The zero-order valence-corrected chi connectivity index (χ0v) is 12.2. The third kappa shape index (κ3) is 3.08. The molecule has 0 spiro atoms. The van der Waals surface area contributed by atoms with Gasteiger partial charge >= 0.3 is 0 Å². The van der Waals surface area contributed by atoms with Crippen LogP contribution in [0.4, 0.5) is 0 Å². The van der Waals surface area contributed by atoms with Crippen molar-refractivity contribution in [1.29, 1.82) is 0 Å². The third-order valence-corrected chi connectivity index (χ3v) is 4.61. The predicted octanol–water partition coefficient (Wildman–Crippen LogP) is 2.54. The van der Waals surface area contributed by atoms with E-state index in [1.165, 1.54) is 12.8 Å². The molecule has 108 valence electrons. The average molecular weight is 293 g/mol. The SMILES string of the molecule is OCCCC1CCCN1Cc1nc(-c2cccs2)no1. The highest BCUT2D eigenvalue weighted by Crippen LogP contribution is 2.25. The lowest BCUT2D eigenvalue weighted by molar-refractivity contribution is 0.188. The van der Waals surface area contributed by atoms with Crippen molar-refractivity contribution in [3.8, 4) is 10.7 Å². The van der Waals surface area contributed by atoms with Gasteiger partial charge in [-0.15, -0.1) is 11.3 Å². The maximum atomic E-state index is 8.95. The molecule has 1 aliphatic heterocycles. The summed E-state index contributed by atoms with van der Waals surface area (Å²) < 4.78 is 5.36. The minimum absolute atomic E-state index is 0.271. The molecular weight excluding hydrogens is 274 g/mol. The molecule has 3 heterocycles. The van der Waals surface area contributed by atoms with Crippen LogP contribution >= 0.6 is 11.3 Å². The van der Waals surface area contributed by atoms with Gasteiger partial charge in [0.25, 0.3) is 0 Å². The predicted molar refractivity (Wildman–Crippen MR) is 77.4 cm³/mol. The Morgan fingerprint density at radius 1 is 1.50 bits per heavy atom. The molecule has 20 heavy (non-hydrogen) atoms. The summed E-state index contributed by atoms with van der Waals surface area (Å²) in [4.78, 5) is 7.90. The molecule has 6 heteroatoms. The van der Waals surface area contributed by atoms with E-state index < -0.39 is 0 Å². The van der Waals surface area contributed by atoms with E-state index in [1.54, 1.807) is 11.3 Å². The summed E-state index contributed by atoms with van der Waals surface area (Å²) in [5, 5.41) is 15.0. The van der Waals surface area contributed by atoms with E-state index >= 15 is 0 Å². The molecule has 5 nitrogen and oxygen atoms in total. The van der Waals surface area contributed by atoms with Gasteiger partial charge in [0.15, 0.2) is 0 Å². The average Bonchev–Trinajstić information content (AvgIpc) is 3.18. The summed E-state index contributed by atoms with van der Waals surface area (Å²) in [5.74, 6) is 1.37. The van der Waals surface area contributed by atoms with Gasteiger partial charge in [0.1, 0.15) is 0 Å². The van der Waals surface area contributed by atoms with Gasteiger partial charge in [-0.1, -0.05) is 11.2 Å². The van der Waals surface area contributed by atoms with Crippen molar-refractivity contribution in [3.05, 3.63) is 23.4 Å². The van der Waals surface area contributed by atoms with Crippen LogP contribution in [-0.2, 0) is 6.54 Å². The first-order valence-corrected chi connectivity index (χ1v) is 7.96. The van der Waals surface area contributed by atoms with Gasteiger partial charge in [0.05, 0.1) is 11.4 Å². The number of aromatic nitrogens is 2. The molecule has 0 saturated carbocycles. The van der Waals surface area contributed by atoms with E-state index in [4.69, 9.17) is 9.63 Å². The van der Waals surface area contributed by atoms with Crippen LogP contribution < -0.4 is 0 Å². The van der Waals surface area contributed by atoms with Crippen LogP contribution in [-0.4, -0.2) is 39.3 Å². The van der Waals surface area contributed by atoms with Gasteiger partial charge in [-0.2, -0.15) is 4.98 Å². The van der Waals surface area contributed by atoms with Gasteiger partial charge in [0.2, 0.25) is 11.7 Å². The summed E-state index contributed by atoms with van der Waals surface area (Å²) in [5.41, 5.74) is 0. The molecule has 0 aliphatic carbocycles. The van der Waals surface area contributed by atoms with Crippen LogP contribution in [0.3, 0.4) is 0 Å². The van der Waals surface area contributed by atoms with Crippen molar-refractivity contribution < 1.29 is 9.63 Å². The van der Waals surface area contributed by atoms with E-state index in [0.717, 1.165) is 24.3 Å². The lowest BCUT2D eigenvalue weighted by atomic mass is 10.1. The molecule has 1 aliphatic rings. The van der Waals surface area contributed by atoms with Crippen molar-refractivity contribution in [1.82, 2.24) is 15.0 Å². The van der Waals surface area contributed by atoms with Gasteiger partial charge < -0.3 is 9.63 Å². The Balaban J connectivity index is 1.62. The highest BCUT2D eigenvalue weighted by atomic mass is 32.1. The maximum absolute atomic E-state index is 8.95. The van der Waals surface area contributed by atoms with Crippen LogP contribution in [0.2, 0.25) is 0 Å². The lowest BCUT2D eigenvalue weighted by Gasteiger charge is -2.22. The summed E-state index contributed by atoms with van der Waals surface area (Å²) in [6, 6.07) is 4.53. The van der Waals surface area contributed by atoms with Crippen LogP contribution in [0, 0.1) is 0 Å². The zero-order chi connectivity index (χ0) is 13.8. The number of aliphatic hydroxyl groups excluding tert-OH is 1. The van der Waals surface area contributed by atoms with E-state index in [-0.39, 0.29) is 6.61 Å². The molecule has 0 radical (unpaired) electrons. The summed E-state index contributed by atoms with van der Waals surface area (Å²) >= 11 is 1.62. The second-order valence-corrected chi connectivity index (χ2v) is 6.07. The second-order valence-electron chi connectivity index (χ2n) is 5.12. The van der Waals surface area contributed by atoms with Crippen molar-refractivity contribution in [2.75, 3.05) is 13.2 Å². The highest BCUT2D eigenvalue weighted by molar-refractivity contribution is 7.13. The van der Waals surface area contributed by atoms with E-state index in [1.807, 2.05) is 17.5 Å². The summed E-state index contributed by atoms with van der Waals surface area (Å²) in [6.45, 7) is 2.06. The summed E-state index contributed by atoms with van der Waals surface area (Å²) in [7, 11) is 0. The van der Waals surface area contributed by atoms with Gasteiger partial charge in [-0.3, -0.25) is 4.90 Å². The Morgan fingerprint density at radius 3 is 3.25 bits per heavy atom. The fourth-order valence-corrected chi connectivity index (χ4v) is 3.41. The first-order chi connectivity index (χ1) is 9.86. The Kier molecular flexibility index (Phi) is 4.44. The molecular formula is C14H19N3O2S. The Morgan fingerprint density at radius 2 is 2.45 bits per heavy atom. The number of nitrogens with zero attached hydrogens (tertiary/aromatic N) is 3. The first-order valence-electron chi connectivity index (χ1n) is 7.08. The minimum Gasteiger partial charge on any atom is -0.396 e. The number of likely N-dealkylation sites (tertiary alicyclic amines) is 1. The molecule has 1 atom stereocenters. The van der Waals surface area contributed by atoms with Crippen LogP contribution in [0.25, 0.3) is 10.7 Å². The van der Waals surface area contributed by atoms with Crippen LogP contribution in [0.5, 0.6) is 0 Å². The van der Waals surface area contributed by atoms with Crippen molar-refractivity contribution in [2.24, 2.45) is 0 Å². The van der Waals surface area contributed by atoms with E-state index in [9.17, 15) is 0 Å². The van der Waals surface area contributed by atoms with Gasteiger partial charge in [0, 0.05) is 12.6 Å². The molecule has 2 aromatic heterocycles. The fraction of sp³-hybridized carbons (Fsp3) is 0.571. The second kappa shape index (κ2) is 6.47. The third-order valence-electron chi connectivity index (χ3n) is 3.74. The number of hydrogen-bond donors (Lipinski definition) is 1. The Hall–Kier alpha value is -1.24. The smallest absolute Gasteiger partial charge is 0.241 e.